The molecule has 0 saturated heterocycles. The molecule has 2 N–H and O–H groups in total. The second-order valence-corrected chi connectivity index (χ2v) is 6.32. The molecule has 0 aromatic carbocycles. The molecule has 0 radical (unpaired) electrons. The van der Waals surface area contributed by atoms with Crippen molar-refractivity contribution >= 4 is 0 Å². The number of hydrogen-bond acceptors (Lipinski definition) is 3. The van der Waals surface area contributed by atoms with Crippen LogP contribution in [0.4, 0.5) is 0 Å². The highest BCUT2D eigenvalue weighted by atomic mass is 16.5. The van der Waals surface area contributed by atoms with Crippen LogP contribution >= 0.6 is 0 Å². The van der Waals surface area contributed by atoms with E-state index >= 15 is 0 Å². The molecule has 4 unspecified atom stereocenters. The smallest absolute Gasteiger partial charge is 0.0897 e. The third kappa shape index (κ3) is 3.94. The van der Waals surface area contributed by atoms with Gasteiger partial charge >= 0.3 is 0 Å². The van der Waals surface area contributed by atoms with Crippen molar-refractivity contribution in [3.05, 3.63) is 0 Å². The summed E-state index contributed by atoms with van der Waals surface area (Å²) in [5.74, 6) is 1.54. The first-order chi connectivity index (χ1) is 8.66. The van der Waals surface area contributed by atoms with Gasteiger partial charge in [0.15, 0.2) is 0 Å². The minimum absolute atomic E-state index is 0.353. The fourth-order valence-electron chi connectivity index (χ4n) is 3.30. The van der Waals surface area contributed by atoms with E-state index in [0.29, 0.717) is 25.3 Å². The van der Waals surface area contributed by atoms with Gasteiger partial charge < -0.3 is 15.2 Å². The van der Waals surface area contributed by atoms with Crippen molar-refractivity contribution in [3.8, 4) is 0 Å². The molecule has 0 heterocycles. The first-order valence-electron chi connectivity index (χ1n) is 7.70. The molecule has 18 heavy (non-hydrogen) atoms. The van der Waals surface area contributed by atoms with Crippen molar-refractivity contribution < 1.29 is 9.84 Å². The predicted molar refractivity (Wildman–Crippen MR) is 73.6 cm³/mol. The van der Waals surface area contributed by atoms with E-state index in [0.717, 1.165) is 11.8 Å². The molecule has 0 bridgehead atoms. The SMILES string of the molecule is CC1CCC(NCC(O)COC2CCCC2)C1C. The van der Waals surface area contributed by atoms with Gasteiger partial charge in [-0.15, -0.1) is 0 Å². The summed E-state index contributed by atoms with van der Waals surface area (Å²) in [6.45, 7) is 5.81. The molecule has 2 aliphatic rings. The van der Waals surface area contributed by atoms with Crippen LogP contribution in [0.3, 0.4) is 0 Å². The Kier molecular flexibility index (Phi) is 5.46. The van der Waals surface area contributed by atoms with Gasteiger partial charge in [0.25, 0.3) is 0 Å². The summed E-state index contributed by atoms with van der Waals surface area (Å²) in [5.41, 5.74) is 0. The molecule has 4 atom stereocenters. The van der Waals surface area contributed by atoms with Crippen LogP contribution in [-0.2, 0) is 4.74 Å². The molecular weight excluding hydrogens is 226 g/mol. The summed E-state index contributed by atoms with van der Waals surface area (Å²) >= 11 is 0. The molecule has 3 nitrogen and oxygen atoms in total. The van der Waals surface area contributed by atoms with Gasteiger partial charge in [-0.05, 0) is 37.5 Å². The lowest BCUT2D eigenvalue weighted by molar-refractivity contribution is -0.00659. The Labute approximate surface area is 111 Å². The zero-order valence-electron chi connectivity index (χ0n) is 11.9. The Morgan fingerprint density at radius 1 is 1.17 bits per heavy atom. The van der Waals surface area contributed by atoms with Crippen LogP contribution in [0.15, 0.2) is 0 Å². The molecule has 2 rings (SSSR count). The van der Waals surface area contributed by atoms with E-state index in [9.17, 15) is 5.11 Å². The van der Waals surface area contributed by atoms with E-state index in [2.05, 4.69) is 19.2 Å². The lowest BCUT2D eigenvalue weighted by atomic mass is 9.98. The maximum absolute atomic E-state index is 9.93. The quantitative estimate of drug-likeness (QED) is 0.765. The van der Waals surface area contributed by atoms with Crippen molar-refractivity contribution in [1.29, 1.82) is 0 Å². The predicted octanol–water partition coefficient (Wildman–Crippen LogP) is 2.33. The summed E-state index contributed by atoms with van der Waals surface area (Å²) in [4.78, 5) is 0. The van der Waals surface area contributed by atoms with E-state index < -0.39 is 0 Å². The Morgan fingerprint density at radius 2 is 1.89 bits per heavy atom. The fraction of sp³-hybridized carbons (Fsp3) is 1.00. The molecule has 2 saturated carbocycles. The number of rotatable bonds is 6. The van der Waals surface area contributed by atoms with Crippen LogP contribution in [0.5, 0.6) is 0 Å². The standard InChI is InChI=1S/C15H29NO2/c1-11-7-8-15(12(11)2)16-9-13(17)10-18-14-5-3-4-6-14/h11-17H,3-10H2,1-2H3. The Hall–Kier alpha value is -0.120. The number of hydrogen-bond donors (Lipinski definition) is 2. The monoisotopic (exact) mass is 255 g/mol. The molecule has 0 aromatic heterocycles. The van der Waals surface area contributed by atoms with Crippen LogP contribution in [0.1, 0.15) is 52.4 Å². The molecule has 0 aromatic rings. The van der Waals surface area contributed by atoms with E-state index in [1.54, 1.807) is 0 Å². The van der Waals surface area contributed by atoms with Gasteiger partial charge in [-0.3, -0.25) is 0 Å². The number of aliphatic hydroxyl groups excluding tert-OH is 1. The largest absolute Gasteiger partial charge is 0.389 e. The summed E-state index contributed by atoms with van der Waals surface area (Å²) in [6.07, 6.45) is 7.55. The average molecular weight is 255 g/mol. The molecule has 2 aliphatic carbocycles. The topological polar surface area (TPSA) is 41.5 Å². The highest BCUT2D eigenvalue weighted by molar-refractivity contribution is 4.85. The van der Waals surface area contributed by atoms with E-state index in [4.69, 9.17) is 4.74 Å². The Bertz CT molecular complexity index is 241. The van der Waals surface area contributed by atoms with Crippen molar-refractivity contribution in [3.63, 3.8) is 0 Å². The third-order valence-corrected chi connectivity index (χ3v) is 4.91. The van der Waals surface area contributed by atoms with Gasteiger partial charge in [-0.1, -0.05) is 26.7 Å². The van der Waals surface area contributed by atoms with Crippen LogP contribution in [0.2, 0.25) is 0 Å². The summed E-state index contributed by atoms with van der Waals surface area (Å²) in [6, 6.07) is 0.584. The molecule has 2 fully saturated rings. The summed E-state index contributed by atoms with van der Waals surface area (Å²) < 4.78 is 5.74. The van der Waals surface area contributed by atoms with Gasteiger partial charge in [0.05, 0.1) is 18.8 Å². The Balaban J connectivity index is 1.58. The first kappa shape index (κ1) is 14.3. The fourth-order valence-corrected chi connectivity index (χ4v) is 3.30. The van der Waals surface area contributed by atoms with Gasteiger partial charge in [0, 0.05) is 12.6 Å². The highest BCUT2D eigenvalue weighted by Gasteiger charge is 2.29. The molecule has 0 aliphatic heterocycles. The maximum atomic E-state index is 9.93. The molecule has 106 valence electrons. The third-order valence-electron chi connectivity index (χ3n) is 4.91. The van der Waals surface area contributed by atoms with Crippen LogP contribution in [0, 0.1) is 11.8 Å². The van der Waals surface area contributed by atoms with E-state index in [-0.39, 0.29) is 6.10 Å². The lowest BCUT2D eigenvalue weighted by Gasteiger charge is -2.22. The average Bonchev–Trinajstić information content (AvgIpc) is 2.97. The summed E-state index contributed by atoms with van der Waals surface area (Å²) in [7, 11) is 0. The zero-order chi connectivity index (χ0) is 13.0. The van der Waals surface area contributed by atoms with Gasteiger partial charge in [0.1, 0.15) is 0 Å². The second kappa shape index (κ2) is 6.88. The minimum Gasteiger partial charge on any atom is -0.389 e. The van der Waals surface area contributed by atoms with Gasteiger partial charge in [-0.2, -0.15) is 0 Å². The zero-order valence-corrected chi connectivity index (χ0v) is 11.9. The van der Waals surface area contributed by atoms with Crippen molar-refractivity contribution in [2.45, 2.75) is 70.6 Å². The van der Waals surface area contributed by atoms with Gasteiger partial charge in [0.2, 0.25) is 0 Å². The highest BCUT2D eigenvalue weighted by Crippen LogP contribution is 2.30. The molecule has 0 spiro atoms. The second-order valence-electron chi connectivity index (χ2n) is 6.32. The lowest BCUT2D eigenvalue weighted by Crippen LogP contribution is -2.39. The van der Waals surface area contributed by atoms with Crippen molar-refractivity contribution in [1.82, 2.24) is 5.32 Å². The van der Waals surface area contributed by atoms with Gasteiger partial charge in [-0.25, -0.2) is 0 Å². The molecule has 3 heteroatoms. The van der Waals surface area contributed by atoms with E-state index in [1.165, 1.54) is 38.5 Å². The number of aliphatic hydroxyl groups is 1. The van der Waals surface area contributed by atoms with Crippen molar-refractivity contribution in [2.75, 3.05) is 13.2 Å². The van der Waals surface area contributed by atoms with Crippen LogP contribution < -0.4 is 5.32 Å². The number of nitrogens with one attached hydrogen (secondary N) is 1. The minimum atomic E-state index is -0.353. The van der Waals surface area contributed by atoms with Crippen molar-refractivity contribution in [2.24, 2.45) is 11.8 Å². The molecule has 0 amide bonds. The normalized spacial score (nSPS) is 35.2. The molecular formula is C15H29NO2. The van der Waals surface area contributed by atoms with Crippen LogP contribution in [-0.4, -0.2) is 36.5 Å². The maximum Gasteiger partial charge on any atom is 0.0897 e. The van der Waals surface area contributed by atoms with Crippen LogP contribution in [0.25, 0.3) is 0 Å². The summed E-state index contributed by atoms with van der Waals surface area (Å²) in [5, 5.41) is 13.4. The van der Waals surface area contributed by atoms with E-state index in [1.807, 2.05) is 0 Å². The Morgan fingerprint density at radius 3 is 2.50 bits per heavy atom. The number of ether oxygens (including phenoxy) is 1. The first-order valence-corrected chi connectivity index (χ1v) is 7.70.